The van der Waals surface area contributed by atoms with Crippen molar-refractivity contribution in [1.29, 1.82) is 0 Å². The summed E-state index contributed by atoms with van der Waals surface area (Å²) in [5.41, 5.74) is -1.10. The molecule has 5 aromatic carbocycles. The zero-order chi connectivity index (χ0) is 66.8. The van der Waals surface area contributed by atoms with Crippen LogP contribution in [-0.4, -0.2) is 168 Å². The van der Waals surface area contributed by atoms with Crippen LogP contribution in [0.1, 0.15) is 117 Å². The predicted molar refractivity (Wildman–Crippen MR) is 357 cm³/mol. The van der Waals surface area contributed by atoms with Gasteiger partial charge in [-0.15, -0.1) is 11.8 Å². The highest BCUT2D eigenvalue weighted by atomic mass is 35.5. The molecule has 4 heterocycles. The number of thioether (sulfide) groups is 1. The van der Waals surface area contributed by atoms with Gasteiger partial charge in [-0.05, 0) is 138 Å². The van der Waals surface area contributed by atoms with E-state index in [-0.39, 0.29) is 45.8 Å². The van der Waals surface area contributed by atoms with Gasteiger partial charge in [0.25, 0.3) is 37.6 Å². The number of nitrogens with one attached hydrogen (secondary N) is 4. The van der Waals surface area contributed by atoms with Crippen molar-refractivity contribution in [3.8, 4) is 0 Å². The minimum absolute atomic E-state index is 0.0130. The molecule has 5 amide bonds. The highest BCUT2D eigenvalue weighted by molar-refractivity contribution is 7.99. The number of allylic oxidation sites excluding steroid dienone is 1. The van der Waals surface area contributed by atoms with Crippen LogP contribution in [0.15, 0.2) is 136 Å². The van der Waals surface area contributed by atoms with E-state index >= 15 is 0 Å². The number of fused-ring (bicyclic) bond motifs is 1. The van der Waals surface area contributed by atoms with Gasteiger partial charge < -0.3 is 25.3 Å². The average Bonchev–Trinajstić information content (AvgIpc) is 1.74. The van der Waals surface area contributed by atoms with Crippen LogP contribution in [0.4, 0.5) is 30.2 Å². The number of nitrogens with zero attached hydrogens (tertiary/aromatic N) is 5. The Morgan fingerprint density at radius 2 is 1.42 bits per heavy atom. The van der Waals surface area contributed by atoms with E-state index in [0.29, 0.717) is 87.9 Å². The number of benzene rings is 5. The first kappa shape index (κ1) is 69.0. The number of imide groups is 2. The van der Waals surface area contributed by atoms with Crippen LogP contribution in [0.2, 0.25) is 5.02 Å². The van der Waals surface area contributed by atoms with Gasteiger partial charge in [0.05, 0.1) is 21.7 Å². The van der Waals surface area contributed by atoms with Crippen LogP contribution in [0.3, 0.4) is 0 Å². The normalized spacial score (nSPS) is 19.4. The molecule has 1 unspecified atom stereocenters. The maximum Gasteiger partial charge on any atom is 0.501 e. The first-order chi connectivity index (χ1) is 43.9. The Bertz CT molecular complexity index is 3890. The highest BCUT2D eigenvalue weighted by Crippen LogP contribution is 2.44. The number of hydrogen-bond donors (Lipinski definition) is 4. The molecule has 0 radical (unpaired) electrons. The topological polar surface area (TPSA) is 218 Å². The van der Waals surface area contributed by atoms with E-state index in [1.807, 2.05) is 47.2 Å². The quantitative estimate of drug-likeness (QED) is 0.0353. The van der Waals surface area contributed by atoms with E-state index in [2.05, 4.69) is 89.2 Å². The maximum atomic E-state index is 14.6. The minimum Gasteiger partial charge on any atom is -0.384 e. The van der Waals surface area contributed by atoms with Crippen molar-refractivity contribution in [2.75, 3.05) is 99.8 Å². The second kappa shape index (κ2) is 27.9. The molecule has 0 spiro atoms. The van der Waals surface area contributed by atoms with Crippen molar-refractivity contribution < 1.29 is 54.0 Å². The number of rotatable bonds is 23. The molecule has 0 saturated carbocycles. The number of halogens is 4. The van der Waals surface area contributed by atoms with E-state index in [1.165, 1.54) is 40.6 Å². The average molecular weight is 1360 g/mol. The lowest BCUT2D eigenvalue weighted by Crippen LogP contribution is -2.54. The predicted octanol–water partition coefficient (Wildman–Crippen LogP) is 10.7. The number of sulfonamides is 1. The van der Waals surface area contributed by atoms with Crippen LogP contribution in [0, 0.1) is 16.2 Å². The summed E-state index contributed by atoms with van der Waals surface area (Å²) in [6.45, 7) is 21.4. The van der Waals surface area contributed by atoms with Gasteiger partial charge in [-0.25, -0.2) is 21.6 Å². The Balaban J connectivity index is 0.755. The number of piperidine rings is 1. The molecular weight excluding hydrogens is 1280 g/mol. The molecular formula is C68H81ClF3N9O9S3. The van der Waals surface area contributed by atoms with Gasteiger partial charge in [0.15, 0.2) is 0 Å². The first-order valence-electron chi connectivity index (χ1n) is 31.4. The van der Waals surface area contributed by atoms with Gasteiger partial charge in [-0.3, -0.25) is 39.1 Å². The summed E-state index contributed by atoms with van der Waals surface area (Å²) in [6.07, 6.45) is 3.53. The number of piperazine rings is 2. The molecule has 18 nitrogen and oxygen atoms in total. The zero-order valence-corrected chi connectivity index (χ0v) is 56.4. The fourth-order valence-corrected chi connectivity index (χ4v) is 16.0. The Hall–Kier alpha value is -6.80. The van der Waals surface area contributed by atoms with Gasteiger partial charge in [0.2, 0.25) is 11.8 Å². The Morgan fingerprint density at radius 3 is 2.09 bits per heavy atom. The summed E-state index contributed by atoms with van der Waals surface area (Å²) in [7, 11) is -11.1. The maximum absolute atomic E-state index is 14.6. The SMILES string of the molecule is CC1(C)CCC(c2ccc(Cl)cc2)=C(CN2CCN(c3ccc(C(=O)NS(=O)(=O)c4ccc(N[C@H](CCN5CCN(CC(C)(C)C(C)(C)CNc6cccc7c6C(=O)N(C6CCC(=O)NC6=O)C7=O)CC5)CSc5ccccc5)c(S(=O)(=O)C(F)(F)F)c4)cc3)CC2)C1. The number of amides is 5. The number of carbonyl (C=O) groups excluding carboxylic acids is 5. The molecule has 4 N–H and O–H groups in total. The van der Waals surface area contributed by atoms with E-state index in [4.69, 9.17) is 11.6 Å². The smallest absolute Gasteiger partial charge is 0.384 e. The van der Waals surface area contributed by atoms with Crippen molar-refractivity contribution >= 4 is 95.4 Å². The third-order valence-corrected chi connectivity index (χ3v) is 23.5. The third-order valence-electron chi connectivity index (χ3n) is 19.2. The molecule has 2 atom stereocenters. The van der Waals surface area contributed by atoms with Gasteiger partial charge in [0, 0.05) is 124 Å². The number of anilines is 3. The van der Waals surface area contributed by atoms with E-state index in [0.717, 1.165) is 66.5 Å². The number of sulfone groups is 1. The lowest BCUT2D eigenvalue weighted by molar-refractivity contribution is -0.136. The van der Waals surface area contributed by atoms with Crippen molar-refractivity contribution in [3.05, 3.63) is 148 Å². The molecule has 25 heteroatoms. The summed E-state index contributed by atoms with van der Waals surface area (Å²) in [4.78, 5) is 74.4. The fraction of sp³-hybridized carbons (Fsp3) is 0.456. The van der Waals surface area contributed by atoms with Crippen molar-refractivity contribution in [3.63, 3.8) is 0 Å². The van der Waals surface area contributed by atoms with Crippen molar-refractivity contribution in [2.24, 2.45) is 16.2 Å². The van der Waals surface area contributed by atoms with Crippen LogP contribution >= 0.6 is 23.4 Å². The first-order valence-corrected chi connectivity index (χ1v) is 35.8. The Labute approximate surface area is 552 Å². The molecule has 5 aliphatic rings. The molecule has 0 aromatic heterocycles. The van der Waals surface area contributed by atoms with Crippen molar-refractivity contribution in [1.82, 2.24) is 29.6 Å². The summed E-state index contributed by atoms with van der Waals surface area (Å²) in [6, 6.07) is 29.4. The highest BCUT2D eigenvalue weighted by Gasteiger charge is 2.49. The Morgan fingerprint density at radius 1 is 0.753 bits per heavy atom. The fourth-order valence-electron chi connectivity index (χ4n) is 12.8. The van der Waals surface area contributed by atoms with E-state index in [9.17, 15) is 54.0 Å². The standard InChI is InChI=1S/C68H81ClF3N9O9S3/c1-65(2)29-27-53(45-15-19-48(69)20-16-45)47(40-65)41-78-35-37-80(38-36-78)50-21-17-46(18-22-50)61(83)76-93(89,90)52-23-24-55(58(39-52)92(87,88)68(70,71)72)74-49(42-91-51-11-8-7-9-12-51)28-30-77-31-33-79(34-32-77)44-67(5,6)66(3,4)43-73-56-14-10-13-54-60(56)64(86)81(63(54)85)57-25-26-59(82)75-62(57)84/h7-24,39,49,57,73-74H,25-38,40-44H2,1-6H3,(H,76,83)(H,75,82,84)/t49-,57?/m1/s1. The van der Waals surface area contributed by atoms with Gasteiger partial charge in [-0.1, -0.05) is 95.1 Å². The summed E-state index contributed by atoms with van der Waals surface area (Å²) in [5, 5.41) is 9.43. The van der Waals surface area contributed by atoms with Crippen LogP contribution in [-0.2, 0) is 29.4 Å². The molecule has 10 rings (SSSR count). The number of carbonyl (C=O) groups is 5. The lowest BCUT2D eigenvalue weighted by atomic mass is 9.67. The van der Waals surface area contributed by atoms with E-state index < -0.39 is 82.5 Å². The molecule has 498 valence electrons. The Kier molecular flexibility index (Phi) is 20.7. The largest absolute Gasteiger partial charge is 0.501 e. The zero-order valence-electron chi connectivity index (χ0n) is 53.2. The molecule has 1 aliphatic carbocycles. The summed E-state index contributed by atoms with van der Waals surface area (Å²) < 4.78 is 100. The van der Waals surface area contributed by atoms with Gasteiger partial charge in [-0.2, -0.15) is 13.2 Å². The minimum atomic E-state index is -6.16. The number of hydrogen-bond acceptors (Lipinski definition) is 16. The molecule has 3 saturated heterocycles. The van der Waals surface area contributed by atoms with Crippen LogP contribution < -0.4 is 25.6 Å². The van der Waals surface area contributed by atoms with E-state index in [1.54, 1.807) is 30.3 Å². The molecule has 3 fully saturated rings. The number of alkyl halides is 3. The second-order valence-corrected chi connectivity index (χ2v) is 32.1. The van der Waals surface area contributed by atoms with Crippen molar-refractivity contribution in [2.45, 2.75) is 112 Å². The molecule has 5 aromatic rings. The second-order valence-electron chi connectivity index (χ2n) is 27.0. The van der Waals surface area contributed by atoms with Gasteiger partial charge >= 0.3 is 5.51 Å². The summed E-state index contributed by atoms with van der Waals surface area (Å²) >= 11 is 7.65. The molecule has 0 bridgehead atoms. The third kappa shape index (κ3) is 16.0. The monoisotopic (exact) mass is 1360 g/mol. The van der Waals surface area contributed by atoms with Crippen LogP contribution in [0.25, 0.3) is 5.57 Å². The molecule has 4 aliphatic heterocycles. The molecule has 93 heavy (non-hydrogen) atoms. The van der Waals surface area contributed by atoms with Gasteiger partial charge in [0.1, 0.15) is 10.9 Å². The lowest BCUT2D eigenvalue weighted by Gasteiger charge is -2.46. The summed E-state index contributed by atoms with van der Waals surface area (Å²) in [5.74, 6) is -3.07. The van der Waals surface area contributed by atoms with Crippen LogP contribution in [0.5, 0.6) is 0 Å².